The zero-order valence-corrected chi connectivity index (χ0v) is 14.0. The normalized spacial score (nSPS) is 10.7. The van der Waals surface area contributed by atoms with Crippen molar-refractivity contribution in [3.05, 3.63) is 30.3 Å². The summed E-state index contributed by atoms with van der Waals surface area (Å²) >= 11 is 5.67. The van der Waals surface area contributed by atoms with Gasteiger partial charge in [-0.05, 0) is 42.5 Å². The predicted molar refractivity (Wildman–Crippen MR) is 91.7 cm³/mol. The van der Waals surface area contributed by atoms with Gasteiger partial charge < -0.3 is 14.2 Å². The molecule has 0 atom stereocenters. The van der Waals surface area contributed by atoms with Crippen LogP contribution in [-0.2, 0) is 0 Å². The molecule has 0 fully saturated rings. The maximum absolute atomic E-state index is 5.88. The molecule has 0 N–H and O–H groups in total. The maximum atomic E-state index is 5.88. The predicted octanol–water partition coefficient (Wildman–Crippen LogP) is 5.04. The molecule has 2 rings (SSSR count). The van der Waals surface area contributed by atoms with Crippen molar-refractivity contribution in [2.75, 3.05) is 26.7 Å². The van der Waals surface area contributed by atoms with Crippen molar-refractivity contribution < 1.29 is 14.2 Å². The monoisotopic (exact) mass is 322 g/mol. The number of hydrogen-bond donors (Lipinski definition) is 0. The van der Waals surface area contributed by atoms with Crippen LogP contribution in [0.2, 0.25) is 0 Å². The van der Waals surface area contributed by atoms with E-state index in [2.05, 4.69) is 0 Å². The first-order valence-corrected chi connectivity index (χ1v) is 8.17. The maximum Gasteiger partial charge on any atom is 0.168 e. The van der Waals surface area contributed by atoms with Gasteiger partial charge in [0.2, 0.25) is 0 Å². The van der Waals surface area contributed by atoms with E-state index in [0.29, 0.717) is 6.61 Å². The number of rotatable bonds is 9. The van der Waals surface area contributed by atoms with Crippen LogP contribution >= 0.6 is 11.6 Å². The largest absolute Gasteiger partial charge is 0.497 e. The summed E-state index contributed by atoms with van der Waals surface area (Å²) in [6.07, 6.45) is 4.39. The molecule has 0 spiro atoms. The van der Waals surface area contributed by atoms with E-state index in [0.717, 1.165) is 59.6 Å². The standard InChI is InChI=1S/C18H23ClO3/c1-20-15-8-9-16-14(13-15)7-10-17(18(16)21-2)22-12-6-4-3-5-11-19/h7-10,13H,3-6,11-12H2,1-2H3. The lowest BCUT2D eigenvalue weighted by Gasteiger charge is -2.13. The van der Waals surface area contributed by atoms with Crippen molar-refractivity contribution in [1.29, 1.82) is 0 Å². The molecule has 0 radical (unpaired) electrons. The Bertz CT molecular complexity index is 598. The molecule has 0 saturated heterocycles. The Morgan fingerprint density at radius 1 is 0.909 bits per heavy atom. The Balaban J connectivity index is 2.06. The second-order valence-corrected chi connectivity index (χ2v) is 5.51. The quantitative estimate of drug-likeness (QED) is 0.478. The van der Waals surface area contributed by atoms with E-state index < -0.39 is 0 Å². The fraction of sp³-hybridized carbons (Fsp3) is 0.444. The van der Waals surface area contributed by atoms with E-state index in [9.17, 15) is 0 Å². The smallest absolute Gasteiger partial charge is 0.168 e. The van der Waals surface area contributed by atoms with Gasteiger partial charge in [-0.1, -0.05) is 18.9 Å². The second-order valence-electron chi connectivity index (χ2n) is 5.14. The lowest BCUT2D eigenvalue weighted by molar-refractivity contribution is 0.286. The SMILES string of the molecule is COc1ccc2c(OC)c(OCCCCCCCl)ccc2c1. The molecule has 0 unspecified atom stereocenters. The van der Waals surface area contributed by atoms with Gasteiger partial charge in [0.25, 0.3) is 0 Å². The van der Waals surface area contributed by atoms with Crippen LogP contribution in [0.15, 0.2) is 30.3 Å². The molecule has 2 aromatic carbocycles. The van der Waals surface area contributed by atoms with Crippen molar-refractivity contribution in [3.63, 3.8) is 0 Å². The van der Waals surface area contributed by atoms with Crippen LogP contribution in [-0.4, -0.2) is 26.7 Å². The van der Waals surface area contributed by atoms with Gasteiger partial charge in [-0.2, -0.15) is 0 Å². The topological polar surface area (TPSA) is 27.7 Å². The van der Waals surface area contributed by atoms with Crippen LogP contribution < -0.4 is 14.2 Å². The van der Waals surface area contributed by atoms with Gasteiger partial charge in [0.1, 0.15) is 5.75 Å². The minimum atomic E-state index is 0.695. The van der Waals surface area contributed by atoms with Crippen molar-refractivity contribution in [2.24, 2.45) is 0 Å². The summed E-state index contributed by atoms with van der Waals surface area (Å²) in [5.74, 6) is 3.14. The van der Waals surface area contributed by atoms with Gasteiger partial charge in [-0.15, -0.1) is 11.6 Å². The molecule has 120 valence electrons. The number of halogens is 1. The molecule has 0 bridgehead atoms. The van der Waals surface area contributed by atoms with Crippen molar-refractivity contribution in [2.45, 2.75) is 25.7 Å². The van der Waals surface area contributed by atoms with Crippen LogP contribution in [0.1, 0.15) is 25.7 Å². The highest BCUT2D eigenvalue weighted by Crippen LogP contribution is 2.37. The van der Waals surface area contributed by atoms with E-state index in [4.69, 9.17) is 25.8 Å². The number of ether oxygens (including phenoxy) is 3. The number of benzene rings is 2. The molecule has 0 aliphatic heterocycles. The Morgan fingerprint density at radius 2 is 1.73 bits per heavy atom. The Hall–Kier alpha value is -1.61. The zero-order valence-electron chi connectivity index (χ0n) is 13.2. The van der Waals surface area contributed by atoms with E-state index in [-0.39, 0.29) is 0 Å². The highest BCUT2D eigenvalue weighted by molar-refractivity contribution is 6.17. The molecule has 0 amide bonds. The summed E-state index contributed by atoms with van der Waals surface area (Å²) in [6.45, 7) is 0.695. The molecule has 0 saturated carbocycles. The summed E-state index contributed by atoms with van der Waals surface area (Å²) in [6, 6.07) is 9.91. The van der Waals surface area contributed by atoms with Gasteiger partial charge in [0, 0.05) is 11.3 Å². The van der Waals surface area contributed by atoms with Gasteiger partial charge in [0.15, 0.2) is 11.5 Å². The summed E-state index contributed by atoms with van der Waals surface area (Å²) in [5.41, 5.74) is 0. The third-order valence-electron chi connectivity index (χ3n) is 3.63. The number of methoxy groups -OCH3 is 2. The van der Waals surface area contributed by atoms with Crippen molar-refractivity contribution in [3.8, 4) is 17.2 Å². The molecule has 0 aliphatic carbocycles. The molecule has 0 heterocycles. The van der Waals surface area contributed by atoms with Gasteiger partial charge in [-0.25, -0.2) is 0 Å². The fourth-order valence-electron chi connectivity index (χ4n) is 2.44. The third kappa shape index (κ3) is 4.20. The first-order valence-electron chi connectivity index (χ1n) is 7.63. The average molecular weight is 323 g/mol. The summed E-state index contributed by atoms with van der Waals surface area (Å²) < 4.78 is 16.7. The number of alkyl halides is 1. The van der Waals surface area contributed by atoms with Crippen LogP contribution in [0.25, 0.3) is 10.8 Å². The second kappa shape index (κ2) is 8.74. The Labute approximate surface area is 137 Å². The lowest BCUT2D eigenvalue weighted by atomic mass is 10.1. The molecule has 2 aromatic rings. The molecule has 22 heavy (non-hydrogen) atoms. The van der Waals surface area contributed by atoms with E-state index >= 15 is 0 Å². The van der Waals surface area contributed by atoms with Crippen LogP contribution in [0.5, 0.6) is 17.2 Å². The van der Waals surface area contributed by atoms with Crippen LogP contribution in [0.4, 0.5) is 0 Å². The molecule has 3 nitrogen and oxygen atoms in total. The number of fused-ring (bicyclic) bond motifs is 1. The van der Waals surface area contributed by atoms with Gasteiger partial charge in [-0.3, -0.25) is 0 Å². The molecular formula is C18H23ClO3. The number of hydrogen-bond acceptors (Lipinski definition) is 3. The van der Waals surface area contributed by atoms with Crippen molar-refractivity contribution in [1.82, 2.24) is 0 Å². The van der Waals surface area contributed by atoms with Crippen molar-refractivity contribution >= 4 is 22.4 Å². The van der Waals surface area contributed by atoms with Gasteiger partial charge in [0.05, 0.1) is 20.8 Å². The first kappa shape index (κ1) is 16.8. The summed E-state index contributed by atoms with van der Waals surface area (Å²) in [7, 11) is 3.34. The first-order chi connectivity index (χ1) is 10.8. The molecule has 4 heteroatoms. The Kier molecular flexibility index (Phi) is 6.66. The molecule has 0 aromatic heterocycles. The summed E-state index contributed by atoms with van der Waals surface area (Å²) in [5, 5.41) is 2.11. The highest BCUT2D eigenvalue weighted by Gasteiger charge is 2.10. The minimum Gasteiger partial charge on any atom is -0.497 e. The molecular weight excluding hydrogens is 300 g/mol. The summed E-state index contributed by atoms with van der Waals surface area (Å²) in [4.78, 5) is 0. The van der Waals surface area contributed by atoms with E-state index in [1.54, 1.807) is 14.2 Å². The molecule has 0 aliphatic rings. The number of unbranched alkanes of at least 4 members (excludes halogenated alkanes) is 3. The fourth-order valence-corrected chi connectivity index (χ4v) is 2.63. The lowest BCUT2D eigenvalue weighted by Crippen LogP contribution is -2.00. The third-order valence-corrected chi connectivity index (χ3v) is 3.90. The van der Waals surface area contributed by atoms with Crippen LogP contribution in [0, 0.1) is 0 Å². The van der Waals surface area contributed by atoms with Gasteiger partial charge >= 0.3 is 0 Å². The van der Waals surface area contributed by atoms with E-state index in [1.807, 2.05) is 30.3 Å². The highest BCUT2D eigenvalue weighted by atomic mass is 35.5. The van der Waals surface area contributed by atoms with Crippen LogP contribution in [0.3, 0.4) is 0 Å². The van der Waals surface area contributed by atoms with E-state index in [1.165, 1.54) is 0 Å². The minimum absolute atomic E-state index is 0.695. The Morgan fingerprint density at radius 3 is 2.45 bits per heavy atom. The average Bonchev–Trinajstić information content (AvgIpc) is 2.57. The zero-order chi connectivity index (χ0) is 15.8.